The standard InChI is InChI=1S/C29H42N2O5/c1-27(2,3)36-23(33)6-5-14-30-20-11-12-29(34-4)22-16-19-9-10-21(32)25-24(19)28(29,26(20)35-25)13-15-31(22)17-18-7-8-18/h9-10,18,20,22,26,30,32H,5-8,11-17H2,1-4H3/t20?,22-,26?,28+,29-/m1/s1. The highest BCUT2D eigenvalue weighted by molar-refractivity contribution is 5.69. The molecule has 0 aromatic heterocycles. The van der Waals surface area contributed by atoms with E-state index in [0.717, 1.165) is 51.1 Å². The van der Waals surface area contributed by atoms with E-state index in [-0.39, 0.29) is 34.9 Å². The molecule has 1 spiro atoms. The number of nitrogens with one attached hydrogen (secondary N) is 1. The monoisotopic (exact) mass is 498 g/mol. The highest BCUT2D eigenvalue weighted by Crippen LogP contribution is 2.66. The fourth-order valence-electron chi connectivity index (χ4n) is 7.99. The van der Waals surface area contributed by atoms with Crippen molar-refractivity contribution in [3.8, 4) is 11.5 Å². The van der Waals surface area contributed by atoms with Gasteiger partial charge in [-0.15, -0.1) is 0 Å². The number of piperidine rings is 1. The zero-order valence-electron chi connectivity index (χ0n) is 22.3. The van der Waals surface area contributed by atoms with Crippen LogP contribution < -0.4 is 10.1 Å². The Morgan fingerprint density at radius 1 is 1.25 bits per heavy atom. The molecule has 7 heteroatoms. The van der Waals surface area contributed by atoms with Crippen molar-refractivity contribution in [1.29, 1.82) is 0 Å². The number of benzene rings is 1. The molecule has 2 unspecified atom stereocenters. The SMILES string of the molecule is CO[C@@]12CCC(NCCCC(=O)OC(C)(C)C)C3Oc4c(O)ccc5c4[C@@]31CCN(CC1CC1)[C@@H]2C5. The Morgan fingerprint density at radius 2 is 2.06 bits per heavy atom. The molecule has 36 heavy (non-hydrogen) atoms. The normalized spacial score (nSPS) is 34.7. The average molecular weight is 499 g/mol. The third kappa shape index (κ3) is 3.68. The van der Waals surface area contributed by atoms with Crippen molar-refractivity contribution in [3.63, 3.8) is 0 Å². The van der Waals surface area contributed by atoms with Crippen molar-refractivity contribution in [3.05, 3.63) is 23.3 Å². The summed E-state index contributed by atoms with van der Waals surface area (Å²) in [6.45, 7) is 8.65. The van der Waals surface area contributed by atoms with E-state index >= 15 is 0 Å². The van der Waals surface area contributed by atoms with Crippen molar-refractivity contribution in [1.82, 2.24) is 10.2 Å². The van der Waals surface area contributed by atoms with Gasteiger partial charge in [-0.2, -0.15) is 0 Å². The van der Waals surface area contributed by atoms with Crippen LogP contribution in [0.2, 0.25) is 0 Å². The topological polar surface area (TPSA) is 80.3 Å². The lowest BCUT2D eigenvalue weighted by Gasteiger charge is -2.65. The zero-order chi connectivity index (χ0) is 25.3. The third-order valence-electron chi connectivity index (χ3n) is 9.47. The summed E-state index contributed by atoms with van der Waals surface area (Å²) in [7, 11) is 1.90. The molecule has 7 nitrogen and oxygen atoms in total. The van der Waals surface area contributed by atoms with Crippen molar-refractivity contribution >= 4 is 5.97 Å². The summed E-state index contributed by atoms with van der Waals surface area (Å²) in [5.74, 6) is 1.60. The molecule has 3 fully saturated rings. The maximum absolute atomic E-state index is 12.2. The number of nitrogens with zero attached hydrogens (tertiary/aromatic N) is 1. The Hall–Kier alpha value is -1.83. The number of aromatic hydroxyl groups is 1. The van der Waals surface area contributed by atoms with Gasteiger partial charge >= 0.3 is 5.97 Å². The van der Waals surface area contributed by atoms with Crippen LogP contribution in [0.5, 0.6) is 11.5 Å². The van der Waals surface area contributed by atoms with Crippen LogP contribution in [-0.4, -0.2) is 72.1 Å². The molecule has 2 heterocycles. The van der Waals surface area contributed by atoms with Gasteiger partial charge in [0.05, 0.1) is 11.0 Å². The molecule has 1 aromatic rings. The van der Waals surface area contributed by atoms with Gasteiger partial charge in [0.2, 0.25) is 0 Å². The Balaban J connectivity index is 1.26. The number of methoxy groups -OCH3 is 1. The van der Waals surface area contributed by atoms with Gasteiger partial charge in [0.25, 0.3) is 0 Å². The minimum atomic E-state index is -0.453. The largest absolute Gasteiger partial charge is 0.504 e. The Labute approximate surface area is 214 Å². The first-order valence-corrected chi connectivity index (χ1v) is 13.9. The van der Waals surface area contributed by atoms with Gasteiger partial charge in [-0.3, -0.25) is 9.69 Å². The first kappa shape index (κ1) is 24.5. The number of phenolic OH excluding ortho intramolecular Hbond substituents is 1. The highest BCUT2D eigenvalue weighted by atomic mass is 16.6. The molecule has 1 saturated heterocycles. The zero-order valence-corrected chi connectivity index (χ0v) is 22.3. The predicted octanol–water partition coefficient (Wildman–Crippen LogP) is 3.69. The third-order valence-corrected chi connectivity index (χ3v) is 9.47. The quantitative estimate of drug-likeness (QED) is 0.418. The van der Waals surface area contributed by atoms with Gasteiger partial charge in [0.15, 0.2) is 11.5 Å². The molecule has 2 saturated carbocycles. The van der Waals surface area contributed by atoms with E-state index < -0.39 is 5.60 Å². The van der Waals surface area contributed by atoms with Crippen LogP contribution in [0.15, 0.2) is 12.1 Å². The van der Waals surface area contributed by atoms with Gasteiger partial charge in [-0.05, 0) is 96.4 Å². The summed E-state index contributed by atoms with van der Waals surface area (Å²) in [6, 6.07) is 4.40. The maximum Gasteiger partial charge on any atom is 0.306 e. The summed E-state index contributed by atoms with van der Waals surface area (Å²) < 4.78 is 18.8. The van der Waals surface area contributed by atoms with E-state index in [2.05, 4.69) is 16.3 Å². The molecular weight excluding hydrogens is 456 g/mol. The molecule has 3 aliphatic carbocycles. The van der Waals surface area contributed by atoms with Gasteiger partial charge in [0.1, 0.15) is 11.7 Å². The number of hydrogen-bond donors (Lipinski definition) is 2. The number of rotatable bonds is 8. The molecule has 6 rings (SSSR count). The van der Waals surface area contributed by atoms with Crippen LogP contribution in [-0.2, 0) is 26.1 Å². The number of hydrogen-bond acceptors (Lipinski definition) is 7. The lowest BCUT2D eigenvalue weighted by atomic mass is 9.48. The smallest absolute Gasteiger partial charge is 0.306 e. The second kappa shape index (κ2) is 8.60. The summed E-state index contributed by atoms with van der Waals surface area (Å²) in [4.78, 5) is 14.9. The van der Waals surface area contributed by atoms with E-state index in [1.165, 1.54) is 30.5 Å². The van der Waals surface area contributed by atoms with E-state index in [1.807, 2.05) is 33.9 Å². The van der Waals surface area contributed by atoms with Crippen LogP contribution in [0.1, 0.15) is 76.8 Å². The second-order valence-corrected chi connectivity index (χ2v) is 12.7. The lowest BCUT2D eigenvalue weighted by molar-refractivity contribution is -0.207. The Bertz CT molecular complexity index is 1030. The lowest BCUT2D eigenvalue weighted by Crippen LogP contribution is -2.78. The number of phenols is 1. The molecule has 5 aliphatic rings. The first-order valence-electron chi connectivity index (χ1n) is 13.9. The molecule has 2 bridgehead atoms. The summed E-state index contributed by atoms with van der Waals surface area (Å²) in [5.41, 5.74) is 1.48. The van der Waals surface area contributed by atoms with E-state index in [9.17, 15) is 9.90 Å². The van der Waals surface area contributed by atoms with Gasteiger partial charge in [0, 0.05) is 37.7 Å². The van der Waals surface area contributed by atoms with Crippen LogP contribution in [0, 0.1) is 5.92 Å². The molecule has 0 radical (unpaired) electrons. The summed E-state index contributed by atoms with van der Waals surface area (Å²) in [6.07, 6.45) is 7.58. The molecule has 1 aromatic carbocycles. The molecular formula is C29H42N2O5. The van der Waals surface area contributed by atoms with Crippen molar-refractivity contribution in [2.75, 3.05) is 26.7 Å². The molecule has 2 aliphatic heterocycles. The highest BCUT2D eigenvalue weighted by Gasteiger charge is 2.73. The van der Waals surface area contributed by atoms with Crippen LogP contribution in [0.25, 0.3) is 0 Å². The molecule has 5 atom stereocenters. The van der Waals surface area contributed by atoms with Gasteiger partial charge in [-0.1, -0.05) is 6.07 Å². The van der Waals surface area contributed by atoms with Crippen molar-refractivity contribution in [2.24, 2.45) is 5.92 Å². The summed E-state index contributed by atoms with van der Waals surface area (Å²) in [5, 5.41) is 14.6. The average Bonchev–Trinajstić information content (AvgIpc) is 3.56. The van der Waals surface area contributed by atoms with E-state index in [0.29, 0.717) is 18.2 Å². The fourth-order valence-corrected chi connectivity index (χ4v) is 7.99. The fraction of sp³-hybridized carbons (Fsp3) is 0.759. The van der Waals surface area contributed by atoms with E-state index in [1.54, 1.807) is 0 Å². The number of carbonyl (C=O) groups excluding carboxylic acids is 1. The van der Waals surface area contributed by atoms with Crippen LogP contribution in [0.4, 0.5) is 0 Å². The predicted molar refractivity (Wildman–Crippen MR) is 136 cm³/mol. The molecule has 198 valence electrons. The number of ether oxygens (including phenoxy) is 3. The van der Waals surface area contributed by atoms with Crippen LogP contribution in [0.3, 0.4) is 0 Å². The second-order valence-electron chi connectivity index (χ2n) is 12.7. The van der Waals surface area contributed by atoms with Crippen molar-refractivity contribution in [2.45, 2.75) is 107 Å². The Kier molecular flexibility index (Phi) is 5.86. The van der Waals surface area contributed by atoms with Crippen LogP contribution >= 0.6 is 0 Å². The van der Waals surface area contributed by atoms with Gasteiger partial charge < -0.3 is 24.6 Å². The number of esters is 1. The summed E-state index contributed by atoms with van der Waals surface area (Å²) >= 11 is 0. The number of likely N-dealkylation sites (tertiary alicyclic amines) is 1. The molecule has 2 N–H and O–H groups in total. The Morgan fingerprint density at radius 3 is 2.78 bits per heavy atom. The van der Waals surface area contributed by atoms with Crippen molar-refractivity contribution < 1.29 is 24.1 Å². The minimum absolute atomic E-state index is 0.0966. The van der Waals surface area contributed by atoms with E-state index in [4.69, 9.17) is 14.2 Å². The number of carbonyl (C=O) groups is 1. The first-order chi connectivity index (χ1) is 17.2. The minimum Gasteiger partial charge on any atom is -0.504 e. The molecule has 0 amide bonds. The maximum atomic E-state index is 12.2. The van der Waals surface area contributed by atoms with Gasteiger partial charge in [-0.25, -0.2) is 0 Å².